The summed E-state index contributed by atoms with van der Waals surface area (Å²) in [5, 5.41) is 19.2. The predicted octanol–water partition coefficient (Wildman–Crippen LogP) is -0.409. The average Bonchev–Trinajstić information content (AvgIpc) is 2.48. The molecule has 1 atom stereocenters. The minimum absolute atomic E-state index is 0.127. The first-order chi connectivity index (χ1) is 9.60. The van der Waals surface area contributed by atoms with Gasteiger partial charge in [0.2, 0.25) is 0 Å². The van der Waals surface area contributed by atoms with E-state index in [9.17, 15) is 10.0 Å². The average molecular weight is 285 g/mol. The van der Waals surface area contributed by atoms with E-state index in [1.165, 1.54) is 24.2 Å². The third-order valence-electron chi connectivity index (χ3n) is 5.35. The molecule has 0 amide bonds. The van der Waals surface area contributed by atoms with Crippen LogP contribution in [0.1, 0.15) is 51.9 Å². The first-order valence-corrected chi connectivity index (χ1v) is 8.19. The van der Waals surface area contributed by atoms with Crippen molar-refractivity contribution in [2.45, 2.75) is 57.9 Å². The van der Waals surface area contributed by atoms with Gasteiger partial charge < -0.3 is 10.1 Å². The van der Waals surface area contributed by atoms with Crippen molar-refractivity contribution in [1.29, 1.82) is 0 Å². The minimum Gasteiger partial charge on any atom is -0.600 e. The zero-order valence-corrected chi connectivity index (χ0v) is 12.6. The van der Waals surface area contributed by atoms with Crippen LogP contribution in [-0.4, -0.2) is 36.7 Å². The van der Waals surface area contributed by atoms with Gasteiger partial charge in [0.25, 0.3) is 0 Å². The number of hydrogen-bond acceptors (Lipinski definition) is 3. The summed E-state index contributed by atoms with van der Waals surface area (Å²) >= 11 is 0. The van der Waals surface area contributed by atoms with Gasteiger partial charge in [-0.05, 0) is 31.6 Å². The predicted molar refractivity (Wildman–Crippen MR) is 75.4 cm³/mol. The number of nitrogens with one attached hydrogen (secondary N) is 2. The normalized spacial score (nSPS) is 36.5. The van der Waals surface area contributed by atoms with Gasteiger partial charge in [-0.1, -0.05) is 13.3 Å². The lowest BCUT2D eigenvalue weighted by Crippen LogP contribution is -3.14. The quantitative estimate of drug-likeness (QED) is 0.602. The van der Waals surface area contributed by atoms with Crippen LogP contribution in [0.4, 0.5) is 0 Å². The Morgan fingerprint density at radius 3 is 2.30 bits per heavy atom. The van der Waals surface area contributed by atoms with Crippen molar-refractivity contribution in [2.24, 2.45) is 11.8 Å². The molecule has 116 valence electrons. The summed E-state index contributed by atoms with van der Waals surface area (Å²) in [6.45, 7) is 5.18. The van der Waals surface area contributed by atoms with Crippen LogP contribution in [0, 0.1) is 17.0 Å². The summed E-state index contributed by atoms with van der Waals surface area (Å²) in [5.74, 6) is 1.36. The molecule has 1 heterocycles. The van der Waals surface area contributed by atoms with Crippen LogP contribution in [-0.2, 0) is 4.79 Å². The van der Waals surface area contributed by atoms with Crippen LogP contribution in [0.25, 0.3) is 0 Å². The van der Waals surface area contributed by atoms with Crippen molar-refractivity contribution in [3.8, 4) is 0 Å². The molecular formula is C15H29N2O3+. The van der Waals surface area contributed by atoms with E-state index < -0.39 is 5.23 Å². The van der Waals surface area contributed by atoms with E-state index in [4.69, 9.17) is 5.21 Å². The Bertz CT molecular complexity index is 306. The van der Waals surface area contributed by atoms with Crippen molar-refractivity contribution >= 4 is 5.78 Å². The molecule has 2 rings (SSSR count). The SMILES string of the molecule is CCC1CC[NH+](CC(=O)C2CCC([NH+]([O-])O)CC2)CC1. The number of likely N-dealkylation sites (tertiary alicyclic amines) is 1. The summed E-state index contributed by atoms with van der Waals surface area (Å²) in [6.07, 6.45) is 6.69. The lowest BCUT2D eigenvalue weighted by atomic mass is 9.83. The molecule has 0 radical (unpaired) electrons. The zero-order chi connectivity index (χ0) is 14.5. The van der Waals surface area contributed by atoms with Crippen molar-refractivity contribution in [3.63, 3.8) is 0 Å². The second kappa shape index (κ2) is 7.50. The highest BCUT2D eigenvalue weighted by Crippen LogP contribution is 2.23. The van der Waals surface area contributed by atoms with Gasteiger partial charge in [-0.2, -0.15) is 0 Å². The van der Waals surface area contributed by atoms with E-state index >= 15 is 0 Å². The highest BCUT2D eigenvalue weighted by Gasteiger charge is 2.32. The van der Waals surface area contributed by atoms with E-state index in [1.807, 2.05) is 0 Å². The number of carbonyl (C=O) groups is 1. The van der Waals surface area contributed by atoms with Gasteiger partial charge in [-0.15, -0.1) is 0 Å². The van der Waals surface area contributed by atoms with Crippen molar-refractivity contribution in [3.05, 3.63) is 5.21 Å². The van der Waals surface area contributed by atoms with Gasteiger partial charge in [0.15, 0.2) is 5.78 Å². The molecule has 5 nitrogen and oxygen atoms in total. The van der Waals surface area contributed by atoms with Crippen molar-refractivity contribution in [1.82, 2.24) is 0 Å². The Hall–Kier alpha value is -0.490. The molecule has 5 heteroatoms. The number of ketones is 1. The molecule has 3 N–H and O–H groups in total. The highest BCUT2D eigenvalue weighted by molar-refractivity contribution is 5.81. The third kappa shape index (κ3) is 4.25. The summed E-state index contributed by atoms with van der Waals surface area (Å²) < 4.78 is 0. The van der Waals surface area contributed by atoms with Crippen LogP contribution in [0.15, 0.2) is 0 Å². The molecule has 0 spiro atoms. The van der Waals surface area contributed by atoms with Gasteiger partial charge in [0, 0.05) is 18.8 Å². The van der Waals surface area contributed by atoms with Crippen LogP contribution in [0.2, 0.25) is 0 Å². The van der Waals surface area contributed by atoms with Gasteiger partial charge in [-0.3, -0.25) is 4.79 Å². The second-order valence-electron chi connectivity index (χ2n) is 6.63. The Morgan fingerprint density at radius 2 is 1.80 bits per heavy atom. The standard InChI is InChI=1S/C15H28N2O3/c1-2-12-7-9-16(10-8-12)11-15(18)13-3-5-14(6-4-13)17(19)20/h12-14,17,19H,2-11H2,1H3/p+1. The number of hydroxylamine groups is 2. The number of Topliss-reactive ketones (excluding diaryl/α,β-unsaturated/α-hetero) is 1. The first kappa shape index (κ1) is 15.9. The third-order valence-corrected chi connectivity index (χ3v) is 5.35. The van der Waals surface area contributed by atoms with Crippen LogP contribution in [0.5, 0.6) is 0 Å². The Kier molecular flexibility index (Phi) is 5.96. The summed E-state index contributed by atoms with van der Waals surface area (Å²) in [5.41, 5.74) is 0. The Morgan fingerprint density at radius 1 is 1.20 bits per heavy atom. The van der Waals surface area contributed by atoms with Gasteiger partial charge in [0.05, 0.1) is 13.1 Å². The molecule has 0 aromatic carbocycles. The molecule has 1 unspecified atom stereocenters. The number of rotatable bonds is 5. The lowest BCUT2D eigenvalue weighted by Gasteiger charge is -2.32. The summed E-state index contributed by atoms with van der Waals surface area (Å²) in [4.78, 5) is 13.8. The molecule has 1 aliphatic heterocycles. The molecule has 2 fully saturated rings. The Labute approximate surface area is 121 Å². The molecule has 1 saturated carbocycles. The van der Waals surface area contributed by atoms with E-state index in [1.54, 1.807) is 0 Å². The first-order valence-electron chi connectivity index (χ1n) is 8.19. The molecule has 2 aliphatic rings. The fourth-order valence-electron chi connectivity index (χ4n) is 3.72. The fourth-order valence-corrected chi connectivity index (χ4v) is 3.72. The molecule has 0 aromatic rings. The van der Waals surface area contributed by atoms with E-state index in [0.29, 0.717) is 25.2 Å². The van der Waals surface area contributed by atoms with Gasteiger partial charge in [-0.25, -0.2) is 10.4 Å². The molecule has 20 heavy (non-hydrogen) atoms. The smallest absolute Gasteiger partial charge is 0.189 e. The topological polar surface area (TPSA) is 69.2 Å². The highest BCUT2D eigenvalue weighted by atomic mass is 16.8. The van der Waals surface area contributed by atoms with Crippen LogP contribution in [0.3, 0.4) is 0 Å². The van der Waals surface area contributed by atoms with Crippen molar-refractivity contribution < 1.29 is 20.1 Å². The number of carbonyl (C=O) groups excluding carboxylic acids is 1. The minimum atomic E-state index is -0.692. The maximum absolute atomic E-state index is 12.3. The van der Waals surface area contributed by atoms with Crippen molar-refractivity contribution in [2.75, 3.05) is 19.6 Å². The van der Waals surface area contributed by atoms with Gasteiger partial charge in [0.1, 0.15) is 12.6 Å². The molecule has 0 aromatic heterocycles. The molecule has 0 bridgehead atoms. The Balaban J connectivity index is 1.71. The van der Waals surface area contributed by atoms with E-state index in [0.717, 1.165) is 31.8 Å². The lowest BCUT2D eigenvalue weighted by molar-refractivity contribution is -1.07. The number of piperidine rings is 1. The maximum Gasteiger partial charge on any atom is 0.189 e. The summed E-state index contributed by atoms with van der Waals surface area (Å²) in [6, 6.07) is -0.216. The maximum atomic E-state index is 12.3. The molecule has 1 aliphatic carbocycles. The fraction of sp³-hybridized carbons (Fsp3) is 0.933. The zero-order valence-electron chi connectivity index (χ0n) is 12.6. The monoisotopic (exact) mass is 285 g/mol. The number of quaternary nitrogens is 2. The van der Waals surface area contributed by atoms with Crippen LogP contribution < -0.4 is 10.1 Å². The molecular weight excluding hydrogens is 256 g/mol. The van der Waals surface area contributed by atoms with Gasteiger partial charge >= 0.3 is 0 Å². The number of hydrogen-bond donors (Lipinski definition) is 3. The van der Waals surface area contributed by atoms with Crippen LogP contribution >= 0.6 is 0 Å². The molecule has 1 saturated heterocycles. The van der Waals surface area contributed by atoms with E-state index in [-0.39, 0.29) is 12.0 Å². The summed E-state index contributed by atoms with van der Waals surface area (Å²) in [7, 11) is 0. The second-order valence-corrected chi connectivity index (χ2v) is 6.63. The van der Waals surface area contributed by atoms with E-state index in [2.05, 4.69) is 6.92 Å². The largest absolute Gasteiger partial charge is 0.600 e.